The van der Waals surface area contributed by atoms with E-state index in [1.54, 1.807) is 0 Å². The van der Waals surface area contributed by atoms with E-state index in [1.165, 1.54) is 19.4 Å². The molecule has 1 aliphatic heterocycles. The standard InChI is InChI=1S/C14H16O3/c1-9(15)13(10(2)16)14-12-6-4-3-5-11(12)7-8-17-14/h3-6,13-14H,7-8H2,1-2H3. The maximum atomic E-state index is 11.6. The monoisotopic (exact) mass is 232 g/mol. The van der Waals surface area contributed by atoms with Gasteiger partial charge in [0.05, 0.1) is 12.7 Å². The van der Waals surface area contributed by atoms with Crippen molar-refractivity contribution in [1.29, 1.82) is 0 Å². The number of hydrogen-bond donors (Lipinski definition) is 0. The van der Waals surface area contributed by atoms with Crippen molar-refractivity contribution in [2.75, 3.05) is 6.61 Å². The summed E-state index contributed by atoms with van der Waals surface area (Å²) in [6, 6.07) is 7.86. The minimum atomic E-state index is -0.670. The smallest absolute Gasteiger partial charge is 0.143 e. The number of carbonyl (C=O) groups is 2. The van der Waals surface area contributed by atoms with Crippen molar-refractivity contribution in [3.63, 3.8) is 0 Å². The molecule has 0 aromatic heterocycles. The molecule has 1 aromatic carbocycles. The van der Waals surface area contributed by atoms with Gasteiger partial charge >= 0.3 is 0 Å². The molecule has 0 bridgehead atoms. The van der Waals surface area contributed by atoms with Gasteiger partial charge in [0.1, 0.15) is 17.5 Å². The van der Waals surface area contributed by atoms with Gasteiger partial charge in [0.15, 0.2) is 0 Å². The van der Waals surface area contributed by atoms with E-state index in [0.717, 1.165) is 12.0 Å². The highest BCUT2D eigenvalue weighted by Gasteiger charge is 2.34. The van der Waals surface area contributed by atoms with E-state index in [9.17, 15) is 9.59 Å². The van der Waals surface area contributed by atoms with Crippen LogP contribution in [-0.2, 0) is 20.7 Å². The Hall–Kier alpha value is -1.48. The molecule has 1 atom stereocenters. The van der Waals surface area contributed by atoms with Crippen molar-refractivity contribution in [3.8, 4) is 0 Å². The normalized spacial score (nSPS) is 18.9. The summed E-state index contributed by atoms with van der Waals surface area (Å²) in [5.74, 6) is -0.921. The summed E-state index contributed by atoms with van der Waals surface area (Å²) in [4.78, 5) is 23.2. The molecule has 2 rings (SSSR count). The van der Waals surface area contributed by atoms with Crippen LogP contribution in [0.5, 0.6) is 0 Å². The highest BCUT2D eigenvalue weighted by Crippen LogP contribution is 2.33. The largest absolute Gasteiger partial charge is 0.372 e. The molecule has 1 heterocycles. The number of Topliss-reactive ketones (excluding diaryl/α,β-unsaturated/α-hetero) is 2. The van der Waals surface area contributed by atoms with Gasteiger partial charge in [0.25, 0.3) is 0 Å². The summed E-state index contributed by atoms with van der Waals surface area (Å²) in [6.45, 7) is 3.47. The van der Waals surface area contributed by atoms with E-state index in [4.69, 9.17) is 4.74 Å². The molecule has 3 heteroatoms. The Morgan fingerprint density at radius 2 is 1.88 bits per heavy atom. The maximum absolute atomic E-state index is 11.6. The maximum Gasteiger partial charge on any atom is 0.143 e. The first kappa shape index (κ1) is 12.0. The third-order valence-corrected chi connectivity index (χ3v) is 3.21. The Kier molecular flexibility index (Phi) is 3.38. The van der Waals surface area contributed by atoms with Crippen molar-refractivity contribution in [2.45, 2.75) is 26.4 Å². The zero-order valence-electron chi connectivity index (χ0n) is 10.1. The van der Waals surface area contributed by atoms with Gasteiger partial charge in [0, 0.05) is 0 Å². The van der Waals surface area contributed by atoms with Crippen LogP contribution >= 0.6 is 0 Å². The molecule has 1 aromatic rings. The van der Waals surface area contributed by atoms with E-state index in [-0.39, 0.29) is 11.6 Å². The van der Waals surface area contributed by atoms with E-state index in [1.807, 2.05) is 24.3 Å². The minimum absolute atomic E-state index is 0.126. The van der Waals surface area contributed by atoms with Gasteiger partial charge in [-0.3, -0.25) is 9.59 Å². The summed E-state index contributed by atoms with van der Waals surface area (Å²) in [6.07, 6.45) is 0.435. The third kappa shape index (κ3) is 2.29. The van der Waals surface area contributed by atoms with Crippen LogP contribution in [0.15, 0.2) is 24.3 Å². The van der Waals surface area contributed by atoms with E-state index >= 15 is 0 Å². The van der Waals surface area contributed by atoms with Gasteiger partial charge in [-0.05, 0) is 31.4 Å². The fourth-order valence-corrected chi connectivity index (χ4v) is 2.41. The van der Waals surface area contributed by atoms with Crippen LogP contribution in [0.2, 0.25) is 0 Å². The van der Waals surface area contributed by atoms with Crippen LogP contribution in [0.3, 0.4) is 0 Å². The second kappa shape index (κ2) is 4.80. The van der Waals surface area contributed by atoms with Crippen molar-refractivity contribution in [2.24, 2.45) is 5.92 Å². The number of benzene rings is 1. The molecule has 0 radical (unpaired) electrons. The second-order valence-electron chi connectivity index (χ2n) is 4.44. The summed E-state index contributed by atoms with van der Waals surface area (Å²) in [7, 11) is 0. The quantitative estimate of drug-likeness (QED) is 0.749. The lowest BCUT2D eigenvalue weighted by molar-refractivity contribution is -0.138. The van der Waals surface area contributed by atoms with Crippen molar-refractivity contribution in [1.82, 2.24) is 0 Å². The molecule has 0 N–H and O–H groups in total. The topological polar surface area (TPSA) is 43.4 Å². The van der Waals surface area contributed by atoms with Crippen molar-refractivity contribution in [3.05, 3.63) is 35.4 Å². The minimum Gasteiger partial charge on any atom is -0.372 e. The second-order valence-corrected chi connectivity index (χ2v) is 4.44. The van der Waals surface area contributed by atoms with Crippen LogP contribution < -0.4 is 0 Å². The Labute approximate surface area is 101 Å². The van der Waals surface area contributed by atoms with Crippen molar-refractivity contribution >= 4 is 11.6 Å². The van der Waals surface area contributed by atoms with Crippen molar-refractivity contribution < 1.29 is 14.3 Å². The molecular weight excluding hydrogens is 216 g/mol. The fraction of sp³-hybridized carbons (Fsp3) is 0.429. The number of hydrogen-bond acceptors (Lipinski definition) is 3. The van der Waals surface area contributed by atoms with Gasteiger partial charge < -0.3 is 4.74 Å². The molecule has 1 aliphatic rings. The molecule has 3 nitrogen and oxygen atoms in total. The van der Waals surface area contributed by atoms with Crippen LogP contribution in [0, 0.1) is 5.92 Å². The van der Waals surface area contributed by atoms with Gasteiger partial charge in [-0.1, -0.05) is 24.3 Å². The summed E-state index contributed by atoms with van der Waals surface area (Å²) in [5.41, 5.74) is 2.16. The SMILES string of the molecule is CC(=O)C(C(C)=O)C1OCCc2ccccc21. The Bertz CT molecular complexity index is 437. The van der Waals surface area contributed by atoms with Crippen LogP contribution in [0.4, 0.5) is 0 Å². The van der Waals surface area contributed by atoms with E-state index in [2.05, 4.69) is 0 Å². The zero-order chi connectivity index (χ0) is 12.4. The number of carbonyl (C=O) groups excluding carboxylic acids is 2. The first-order chi connectivity index (χ1) is 8.11. The average Bonchev–Trinajstić information content (AvgIpc) is 2.28. The number of ketones is 2. The molecule has 0 fully saturated rings. The summed E-state index contributed by atoms with van der Waals surface area (Å²) >= 11 is 0. The summed E-state index contributed by atoms with van der Waals surface area (Å²) in [5, 5.41) is 0. The molecule has 0 spiro atoms. The molecular formula is C14H16O3. The molecule has 0 saturated heterocycles. The first-order valence-corrected chi connectivity index (χ1v) is 5.81. The third-order valence-electron chi connectivity index (χ3n) is 3.21. The predicted octanol–water partition coefficient (Wildman–Crippen LogP) is 2.09. The lowest BCUT2D eigenvalue weighted by Gasteiger charge is -2.30. The molecule has 0 aliphatic carbocycles. The number of rotatable bonds is 3. The lowest BCUT2D eigenvalue weighted by atomic mass is 9.85. The lowest BCUT2D eigenvalue weighted by Crippen LogP contribution is -2.32. The van der Waals surface area contributed by atoms with E-state index < -0.39 is 12.0 Å². The Morgan fingerprint density at radius 3 is 2.53 bits per heavy atom. The molecule has 0 saturated carbocycles. The zero-order valence-corrected chi connectivity index (χ0v) is 10.1. The molecule has 17 heavy (non-hydrogen) atoms. The van der Waals surface area contributed by atoms with Gasteiger partial charge in [-0.15, -0.1) is 0 Å². The molecule has 1 unspecified atom stereocenters. The van der Waals surface area contributed by atoms with Gasteiger partial charge in [0.2, 0.25) is 0 Å². The van der Waals surface area contributed by atoms with Crippen LogP contribution in [-0.4, -0.2) is 18.2 Å². The Balaban J connectivity index is 2.40. The van der Waals surface area contributed by atoms with Crippen LogP contribution in [0.25, 0.3) is 0 Å². The Morgan fingerprint density at radius 1 is 1.24 bits per heavy atom. The van der Waals surface area contributed by atoms with Gasteiger partial charge in [-0.25, -0.2) is 0 Å². The van der Waals surface area contributed by atoms with Gasteiger partial charge in [-0.2, -0.15) is 0 Å². The number of ether oxygens (including phenoxy) is 1. The predicted molar refractivity (Wildman–Crippen MR) is 63.7 cm³/mol. The van der Waals surface area contributed by atoms with E-state index in [0.29, 0.717) is 6.61 Å². The molecule has 0 amide bonds. The number of fused-ring (bicyclic) bond motifs is 1. The summed E-state index contributed by atoms with van der Waals surface area (Å²) < 4.78 is 5.65. The average molecular weight is 232 g/mol. The van der Waals surface area contributed by atoms with Crippen LogP contribution in [0.1, 0.15) is 31.1 Å². The highest BCUT2D eigenvalue weighted by atomic mass is 16.5. The first-order valence-electron chi connectivity index (χ1n) is 5.81. The fourth-order valence-electron chi connectivity index (χ4n) is 2.41. The highest BCUT2D eigenvalue weighted by molar-refractivity contribution is 6.01. The molecule has 90 valence electrons.